The first-order valence-electron chi connectivity index (χ1n) is 8.56. The van der Waals surface area contributed by atoms with Crippen molar-refractivity contribution in [3.05, 3.63) is 70.5 Å². The average Bonchev–Trinajstić information content (AvgIpc) is 3.06. The number of pyridine rings is 1. The van der Waals surface area contributed by atoms with E-state index in [1.807, 2.05) is 12.1 Å². The highest BCUT2D eigenvalue weighted by atomic mass is 16.6. The zero-order valence-electron chi connectivity index (χ0n) is 14.8. The Hall–Kier alpha value is -3.94. The van der Waals surface area contributed by atoms with Crippen molar-refractivity contribution in [2.45, 2.75) is 6.92 Å². The second-order valence-corrected chi connectivity index (χ2v) is 6.02. The van der Waals surface area contributed by atoms with E-state index in [4.69, 9.17) is 9.47 Å². The van der Waals surface area contributed by atoms with Crippen LogP contribution in [0.5, 0.6) is 11.5 Å². The van der Waals surface area contributed by atoms with E-state index in [1.54, 1.807) is 37.4 Å². The number of aromatic amines is 1. The van der Waals surface area contributed by atoms with Crippen LogP contribution in [-0.4, -0.2) is 27.5 Å². The van der Waals surface area contributed by atoms with Crippen LogP contribution in [0, 0.1) is 10.1 Å². The van der Waals surface area contributed by atoms with Gasteiger partial charge in [-0.15, -0.1) is 0 Å². The van der Waals surface area contributed by atoms with Crippen LogP contribution in [0.2, 0.25) is 0 Å². The van der Waals surface area contributed by atoms with Gasteiger partial charge in [0.1, 0.15) is 17.2 Å². The Labute approximate surface area is 158 Å². The van der Waals surface area contributed by atoms with Crippen molar-refractivity contribution in [3.8, 4) is 11.5 Å². The number of esters is 1. The summed E-state index contributed by atoms with van der Waals surface area (Å²) in [6, 6.07) is 13.0. The van der Waals surface area contributed by atoms with Crippen LogP contribution in [0.3, 0.4) is 0 Å². The number of nitrogens with one attached hydrogen (secondary N) is 1. The summed E-state index contributed by atoms with van der Waals surface area (Å²) in [6.45, 7) is 2.02. The lowest BCUT2D eigenvalue weighted by Gasteiger charge is -2.05. The molecule has 0 bridgehead atoms. The number of H-pyrrole nitrogens is 1. The molecule has 8 heteroatoms. The first-order valence-corrected chi connectivity index (χ1v) is 8.56. The van der Waals surface area contributed by atoms with Gasteiger partial charge in [0.15, 0.2) is 0 Å². The molecule has 4 rings (SSSR count). The second-order valence-electron chi connectivity index (χ2n) is 6.02. The Morgan fingerprint density at radius 1 is 1.07 bits per heavy atom. The number of non-ortho nitro benzene ring substituents is 1. The van der Waals surface area contributed by atoms with Crippen molar-refractivity contribution in [1.29, 1.82) is 0 Å². The molecule has 0 saturated carbocycles. The van der Waals surface area contributed by atoms with Crippen molar-refractivity contribution < 1.29 is 19.2 Å². The Morgan fingerprint density at radius 3 is 2.50 bits per heavy atom. The molecule has 28 heavy (non-hydrogen) atoms. The lowest BCUT2D eigenvalue weighted by atomic mass is 10.1. The Balaban J connectivity index is 1.70. The van der Waals surface area contributed by atoms with Gasteiger partial charge in [-0.05, 0) is 43.3 Å². The molecule has 140 valence electrons. The van der Waals surface area contributed by atoms with E-state index in [0.717, 1.165) is 21.8 Å². The average molecular weight is 377 g/mol. The SMILES string of the molecule is CCOC(=O)c1cc2c(cn1)[nH]c1ccc(Oc3ccc([N+](=O)[O-])cc3)cc12. The number of nitrogens with zero attached hydrogens (tertiary/aromatic N) is 2. The summed E-state index contributed by atoms with van der Waals surface area (Å²) in [7, 11) is 0. The molecule has 0 radical (unpaired) electrons. The van der Waals surface area contributed by atoms with Gasteiger partial charge in [-0.1, -0.05) is 0 Å². The summed E-state index contributed by atoms with van der Waals surface area (Å²) < 4.78 is 10.8. The summed E-state index contributed by atoms with van der Waals surface area (Å²) in [5, 5.41) is 12.4. The molecule has 0 aliphatic carbocycles. The Kier molecular flexibility index (Phi) is 4.36. The van der Waals surface area contributed by atoms with E-state index in [2.05, 4.69) is 9.97 Å². The highest BCUT2D eigenvalue weighted by Crippen LogP contribution is 2.31. The minimum Gasteiger partial charge on any atom is -0.461 e. The molecule has 4 aromatic rings. The van der Waals surface area contributed by atoms with E-state index in [-0.39, 0.29) is 18.0 Å². The third kappa shape index (κ3) is 3.23. The molecule has 0 fully saturated rings. The minimum absolute atomic E-state index is 0.00146. The maximum Gasteiger partial charge on any atom is 0.356 e. The quantitative estimate of drug-likeness (QED) is 0.309. The third-order valence-electron chi connectivity index (χ3n) is 4.22. The fourth-order valence-corrected chi connectivity index (χ4v) is 2.93. The van der Waals surface area contributed by atoms with E-state index in [0.29, 0.717) is 11.5 Å². The lowest BCUT2D eigenvalue weighted by molar-refractivity contribution is -0.384. The molecule has 0 unspecified atom stereocenters. The number of nitro benzene ring substituents is 1. The van der Waals surface area contributed by atoms with Gasteiger partial charge in [0.05, 0.1) is 23.2 Å². The number of carbonyl (C=O) groups excluding carboxylic acids is 1. The Morgan fingerprint density at radius 2 is 1.79 bits per heavy atom. The van der Waals surface area contributed by atoms with Crippen molar-refractivity contribution in [2.75, 3.05) is 6.61 Å². The first kappa shape index (κ1) is 17.5. The van der Waals surface area contributed by atoms with Crippen LogP contribution in [0.25, 0.3) is 21.8 Å². The monoisotopic (exact) mass is 377 g/mol. The van der Waals surface area contributed by atoms with Crippen LogP contribution in [0.1, 0.15) is 17.4 Å². The third-order valence-corrected chi connectivity index (χ3v) is 4.22. The van der Waals surface area contributed by atoms with Gasteiger partial charge >= 0.3 is 5.97 Å². The number of hydrogen-bond donors (Lipinski definition) is 1. The van der Waals surface area contributed by atoms with Gasteiger partial charge < -0.3 is 14.5 Å². The van der Waals surface area contributed by atoms with Gasteiger partial charge in [-0.2, -0.15) is 0 Å². The predicted octanol–water partition coefficient (Wildman–Crippen LogP) is 4.59. The molecule has 1 N–H and O–H groups in total. The summed E-state index contributed by atoms with van der Waals surface area (Å²) in [4.78, 5) is 29.6. The van der Waals surface area contributed by atoms with Crippen LogP contribution in [0.4, 0.5) is 5.69 Å². The second kappa shape index (κ2) is 6.99. The molecule has 0 aliphatic rings. The van der Waals surface area contributed by atoms with Gasteiger partial charge in [-0.25, -0.2) is 9.78 Å². The van der Waals surface area contributed by atoms with E-state index >= 15 is 0 Å². The summed E-state index contributed by atoms with van der Waals surface area (Å²) in [6.07, 6.45) is 1.60. The van der Waals surface area contributed by atoms with Gasteiger partial charge in [0.25, 0.3) is 5.69 Å². The number of rotatable bonds is 5. The lowest BCUT2D eigenvalue weighted by Crippen LogP contribution is -2.06. The highest BCUT2D eigenvalue weighted by Gasteiger charge is 2.13. The number of benzene rings is 2. The number of ether oxygens (including phenoxy) is 2. The standard InChI is InChI=1S/C20H15N3O5/c1-2-27-20(24)18-10-16-15-9-14(7-8-17(15)22-19(16)11-21-18)28-13-5-3-12(4-6-13)23(25)26/h3-11,22H,2H2,1H3. The zero-order valence-corrected chi connectivity index (χ0v) is 14.8. The number of carbonyl (C=O) groups is 1. The fraction of sp³-hybridized carbons (Fsp3) is 0.100. The van der Waals surface area contributed by atoms with Gasteiger partial charge in [0.2, 0.25) is 0 Å². The molecule has 0 aliphatic heterocycles. The summed E-state index contributed by atoms with van der Waals surface area (Å²) >= 11 is 0. The number of nitro groups is 1. The van der Waals surface area contributed by atoms with Crippen LogP contribution in [0.15, 0.2) is 54.7 Å². The van der Waals surface area contributed by atoms with Crippen LogP contribution >= 0.6 is 0 Å². The largest absolute Gasteiger partial charge is 0.461 e. The topological polar surface area (TPSA) is 107 Å². The normalized spacial score (nSPS) is 10.9. The van der Waals surface area contributed by atoms with Crippen molar-refractivity contribution in [3.63, 3.8) is 0 Å². The van der Waals surface area contributed by atoms with E-state index in [1.165, 1.54) is 12.1 Å². The van der Waals surface area contributed by atoms with Crippen molar-refractivity contribution in [1.82, 2.24) is 9.97 Å². The molecule has 2 heterocycles. The fourth-order valence-electron chi connectivity index (χ4n) is 2.93. The van der Waals surface area contributed by atoms with Crippen molar-refractivity contribution >= 4 is 33.5 Å². The molecule has 2 aromatic carbocycles. The van der Waals surface area contributed by atoms with Crippen LogP contribution in [-0.2, 0) is 4.74 Å². The number of hydrogen-bond acceptors (Lipinski definition) is 6. The molecular formula is C20H15N3O5. The summed E-state index contributed by atoms with van der Waals surface area (Å²) in [5.41, 5.74) is 1.89. The molecule has 0 spiro atoms. The molecule has 8 nitrogen and oxygen atoms in total. The molecule has 0 saturated heterocycles. The maximum absolute atomic E-state index is 12.0. The Bertz CT molecular complexity index is 1200. The van der Waals surface area contributed by atoms with E-state index < -0.39 is 10.9 Å². The predicted molar refractivity (Wildman–Crippen MR) is 103 cm³/mol. The molecular weight excluding hydrogens is 362 g/mol. The van der Waals surface area contributed by atoms with Gasteiger partial charge in [0, 0.05) is 28.4 Å². The van der Waals surface area contributed by atoms with E-state index in [9.17, 15) is 14.9 Å². The van der Waals surface area contributed by atoms with Crippen molar-refractivity contribution in [2.24, 2.45) is 0 Å². The molecule has 0 amide bonds. The van der Waals surface area contributed by atoms with Gasteiger partial charge in [-0.3, -0.25) is 10.1 Å². The zero-order chi connectivity index (χ0) is 19.7. The summed E-state index contributed by atoms with van der Waals surface area (Å²) in [5.74, 6) is 0.576. The minimum atomic E-state index is -0.475. The maximum atomic E-state index is 12.0. The van der Waals surface area contributed by atoms with Crippen LogP contribution < -0.4 is 4.74 Å². The highest BCUT2D eigenvalue weighted by molar-refractivity contribution is 6.09. The smallest absolute Gasteiger partial charge is 0.356 e. The number of fused-ring (bicyclic) bond motifs is 3. The molecule has 2 aromatic heterocycles. The first-order chi connectivity index (χ1) is 13.5. The number of aromatic nitrogens is 2. The molecule has 0 atom stereocenters.